The molecule has 5 rings (SSSR count). The number of thiophene rings is 1. The van der Waals surface area contributed by atoms with Crippen molar-refractivity contribution in [1.82, 2.24) is 14.8 Å². The van der Waals surface area contributed by atoms with Gasteiger partial charge in [-0.3, -0.25) is 9.48 Å². The number of amides is 1. The van der Waals surface area contributed by atoms with Gasteiger partial charge >= 0.3 is 0 Å². The van der Waals surface area contributed by atoms with E-state index in [2.05, 4.69) is 5.10 Å². The number of carbonyl (C=O) groups is 1. The molecule has 8 heteroatoms. The molecule has 1 aromatic carbocycles. The Balaban J connectivity index is 1.71. The molecule has 0 saturated heterocycles. The number of hydrogen-bond donors (Lipinski definition) is 0. The van der Waals surface area contributed by atoms with Gasteiger partial charge in [0.1, 0.15) is 11.6 Å². The van der Waals surface area contributed by atoms with Crippen molar-refractivity contribution in [2.24, 2.45) is 7.05 Å². The van der Waals surface area contributed by atoms with Gasteiger partial charge in [0, 0.05) is 25.2 Å². The first-order chi connectivity index (χ1) is 13.9. The summed E-state index contributed by atoms with van der Waals surface area (Å²) in [4.78, 5) is 20.6. The molecule has 1 amide bonds. The van der Waals surface area contributed by atoms with Gasteiger partial charge in [-0.05, 0) is 36.9 Å². The highest BCUT2D eigenvalue weighted by Crippen LogP contribution is 2.35. The summed E-state index contributed by atoms with van der Waals surface area (Å²) in [7, 11) is 1.78. The molecule has 0 radical (unpaired) electrons. The quantitative estimate of drug-likeness (QED) is 0.489. The Morgan fingerprint density at radius 3 is 2.83 bits per heavy atom. The SMILES string of the molecule is Cc1nn(C)c2nc(-c3cccs3)cc(C(=O)N3CCc4c(F)cc(F)cc43)c12. The second kappa shape index (κ2) is 6.45. The molecule has 4 aromatic rings. The normalized spacial score (nSPS) is 13.3. The van der Waals surface area contributed by atoms with Crippen LogP contribution in [0, 0.1) is 18.6 Å². The summed E-state index contributed by atoms with van der Waals surface area (Å²) in [5, 5.41) is 7.02. The van der Waals surface area contributed by atoms with Crippen LogP contribution in [0.3, 0.4) is 0 Å². The van der Waals surface area contributed by atoms with Crippen molar-refractivity contribution in [3.05, 3.63) is 64.2 Å². The Bertz CT molecular complexity index is 1280. The summed E-state index contributed by atoms with van der Waals surface area (Å²) in [6.45, 7) is 2.12. The molecule has 0 bridgehead atoms. The standard InChI is InChI=1S/C21H16F2N4OS/c1-11-19-14(10-16(18-4-3-7-29-18)24-20(19)26(2)25-11)21(28)27-6-5-13-15(23)8-12(22)9-17(13)27/h3-4,7-10H,5-6H2,1-2H3. The summed E-state index contributed by atoms with van der Waals surface area (Å²) in [6.07, 6.45) is 0.352. The van der Waals surface area contributed by atoms with E-state index in [0.29, 0.717) is 46.5 Å². The van der Waals surface area contributed by atoms with E-state index in [1.165, 1.54) is 22.3 Å². The number of halogens is 2. The van der Waals surface area contributed by atoms with Gasteiger partial charge in [0.25, 0.3) is 5.91 Å². The number of anilines is 1. The van der Waals surface area contributed by atoms with Crippen molar-refractivity contribution in [2.45, 2.75) is 13.3 Å². The van der Waals surface area contributed by atoms with Gasteiger partial charge in [-0.25, -0.2) is 13.8 Å². The van der Waals surface area contributed by atoms with Gasteiger partial charge in [0.2, 0.25) is 0 Å². The zero-order valence-corrected chi connectivity index (χ0v) is 16.6. The van der Waals surface area contributed by atoms with Crippen molar-refractivity contribution in [2.75, 3.05) is 11.4 Å². The van der Waals surface area contributed by atoms with E-state index in [1.807, 2.05) is 24.4 Å². The molecule has 0 aliphatic carbocycles. The van der Waals surface area contributed by atoms with Crippen molar-refractivity contribution >= 4 is 34.0 Å². The second-order valence-corrected chi connectivity index (χ2v) is 7.98. The molecule has 5 nitrogen and oxygen atoms in total. The van der Waals surface area contributed by atoms with E-state index >= 15 is 0 Å². The summed E-state index contributed by atoms with van der Waals surface area (Å²) in [6, 6.07) is 7.69. The topological polar surface area (TPSA) is 51.0 Å². The molecule has 4 heterocycles. The third kappa shape index (κ3) is 2.74. The number of benzene rings is 1. The van der Waals surface area contributed by atoms with Gasteiger partial charge in [-0.2, -0.15) is 5.10 Å². The fourth-order valence-electron chi connectivity index (χ4n) is 3.94. The van der Waals surface area contributed by atoms with Crippen LogP contribution in [0.4, 0.5) is 14.5 Å². The predicted octanol–water partition coefficient (Wildman–Crippen LogP) is 4.49. The number of carbonyl (C=O) groups excluding carboxylic acids is 1. The Labute approximate surface area is 169 Å². The number of rotatable bonds is 2. The third-order valence-electron chi connectivity index (χ3n) is 5.23. The first kappa shape index (κ1) is 17.9. The van der Waals surface area contributed by atoms with Crippen LogP contribution in [0.5, 0.6) is 0 Å². The van der Waals surface area contributed by atoms with Crippen molar-refractivity contribution in [3.63, 3.8) is 0 Å². The number of aromatic nitrogens is 3. The third-order valence-corrected chi connectivity index (χ3v) is 6.12. The molecular weight excluding hydrogens is 394 g/mol. The van der Waals surface area contributed by atoms with E-state index in [1.54, 1.807) is 17.8 Å². The van der Waals surface area contributed by atoms with Crippen LogP contribution in [-0.2, 0) is 13.5 Å². The molecular formula is C21H16F2N4OS. The lowest BCUT2D eigenvalue weighted by molar-refractivity contribution is 0.0991. The van der Waals surface area contributed by atoms with Crippen LogP contribution >= 0.6 is 11.3 Å². The van der Waals surface area contributed by atoms with Crippen LogP contribution in [0.1, 0.15) is 21.6 Å². The highest BCUT2D eigenvalue weighted by molar-refractivity contribution is 7.13. The van der Waals surface area contributed by atoms with E-state index in [-0.39, 0.29) is 11.6 Å². The van der Waals surface area contributed by atoms with Gasteiger partial charge in [-0.1, -0.05) is 6.07 Å². The first-order valence-corrected chi connectivity index (χ1v) is 10.00. The molecule has 1 aliphatic rings. The van der Waals surface area contributed by atoms with Gasteiger partial charge in [-0.15, -0.1) is 11.3 Å². The minimum absolute atomic E-state index is 0.289. The Morgan fingerprint density at radius 2 is 2.07 bits per heavy atom. The van der Waals surface area contributed by atoms with E-state index in [4.69, 9.17) is 4.98 Å². The van der Waals surface area contributed by atoms with Gasteiger partial charge in [0.15, 0.2) is 5.65 Å². The molecule has 0 atom stereocenters. The highest BCUT2D eigenvalue weighted by atomic mass is 32.1. The van der Waals surface area contributed by atoms with Crippen LogP contribution in [-0.4, -0.2) is 27.2 Å². The maximum Gasteiger partial charge on any atom is 0.259 e. The average molecular weight is 410 g/mol. The lowest BCUT2D eigenvalue weighted by Gasteiger charge is -2.18. The van der Waals surface area contributed by atoms with Crippen molar-refractivity contribution < 1.29 is 13.6 Å². The van der Waals surface area contributed by atoms with Crippen molar-refractivity contribution in [3.8, 4) is 10.6 Å². The highest BCUT2D eigenvalue weighted by Gasteiger charge is 2.31. The van der Waals surface area contributed by atoms with E-state index < -0.39 is 11.6 Å². The second-order valence-electron chi connectivity index (χ2n) is 7.03. The lowest BCUT2D eigenvalue weighted by atomic mass is 10.1. The summed E-state index contributed by atoms with van der Waals surface area (Å²) in [5.74, 6) is -1.63. The van der Waals surface area contributed by atoms with Gasteiger partial charge in [0.05, 0.1) is 32.9 Å². The predicted molar refractivity (Wildman–Crippen MR) is 108 cm³/mol. The van der Waals surface area contributed by atoms with Gasteiger partial charge < -0.3 is 4.90 Å². The number of nitrogens with zero attached hydrogens (tertiary/aromatic N) is 4. The fraction of sp³-hybridized carbons (Fsp3) is 0.190. The molecule has 146 valence electrons. The number of fused-ring (bicyclic) bond motifs is 2. The minimum Gasteiger partial charge on any atom is -0.308 e. The number of pyridine rings is 1. The van der Waals surface area contributed by atoms with Crippen LogP contribution in [0.15, 0.2) is 35.7 Å². The average Bonchev–Trinajstić information content (AvgIpc) is 3.41. The lowest BCUT2D eigenvalue weighted by Crippen LogP contribution is -2.29. The molecule has 0 unspecified atom stereocenters. The summed E-state index contributed by atoms with van der Waals surface area (Å²) < 4.78 is 29.6. The van der Waals surface area contributed by atoms with Crippen LogP contribution in [0.25, 0.3) is 21.6 Å². The fourth-order valence-corrected chi connectivity index (χ4v) is 4.63. The van der Waals surface area contributed by atoms with Crippen molar-refractivity contribution in [1.29, 1.82) is 0 Å². The molecule has 3 aromatic heterocycles. The molecule has 0 spiro atoms. The first-order valence-electron chi connectivity index (χ1n) is 9.12. The van der Waals surface area contributed by atoms with Crippen LogP contribution < -0.4 is 4.90 Å². The zero-order valence-electron chi connectivity index (χ0n) is 15.7. The monoisotopic (exact) mass is 410 g/mol. The van der Waals surface area contributed by atoms with Crippen LogP contribution in [0.2, 0.25) is 0 Å². The molecule has 0 saturated carbocycles. The molecule has 0 N–H and O–H groups in total. The van der Waals surface area contributed by atoms with E-state index in [9.17, 15) is 13.6 Å². The summed E-state index contributed by atoms with van der Waals surface area (Å²) >= 11 is 1.53. The maximum atomic E-state index is 14.2. The Hall–Kier alpha value is -3.13. The largest absolute Gasteiger partial charge is 0.308 e. The smallest absolute Gasteiger partial charge is 0.259 e. The molecule has 0 fully saturated rings. The molecule has 29 heavy (non-hydrogen) atoms. The maximum absolute atomic E-state index is 14.2. The zero-order chi connectivity index (χ0) is 20.3. The Morgan fingerprint density at radius 1 is 1.24 bits per heavy atom. The molecule has 1 aliphatic heterocycles. The van der Waals surface area contributed by atoms with E-state index in [0.717, 1.165) is 10.9 Å². The minimum atomic E-state index is -0.697. The summed E-state index contributed by atoms with van der Waals surface area (Å²) in [5.41, 5.74) is 3.04. The Kier molecular flexibility index (Phi) is 3.99. The number of aryl methyl sites for hydroxylation is 2. The number of hydrogen-bond acceptors (Lipinski definition) is 4.